The van der Waals surface area contributed by atoms with Crippen molar-refractivity contribution in [3.05, 3.63) is 34.9 Å². The Morgan fingerprint density at radius 3 is 2.81 bits per heavy atom. The summed E-state index contributed by atoms with van der Waals surface area (Å²) in [7, 11) is 1.39. The second kappa shape index (κ2) is 6.51. The summed E-state index contributed by atoms with van der Waals surface area (Å²) in [6.45, 7) is 2.59. The third-order valence-electron chi connectivity index (χ3n) is 2.38. The molecule has 1 aromatic rings. The van der Waals surface area contributed by atoms with Gasteiger partial charge in [-0.25, -0.2) is 0 Å². The van der Waals surface area contributed by atoms with E-state index in [1.54, 1.807) is 0 Å². The van der Waals surface area contributed by atoms with Crippen molar-refractivity contribution in [1.29, 1.82) is 0 Å². The molecule has 88 valence electrons. The van der Waals surface area contributed by atoms with Gasteiger partial charge < -0.3 is 10.1 Å². The molecule has 0 radical (unpaired) electrons. The molecule has 1 N–H and O–H groups in total. The summed E-state index contributed by atoms with van der Waals surface area (Å²) in [4.78, 5) is 10.9. The van der Waals surface area contributed by atoms with E-state index in [1.165, 1.54) is 7.11 Å². The lowest BCUT2D eigenvalue weighted by Crippen LogP contribution is -2.22. The van der Waals surface area contributed by atoms with Gasteiger partial charge in [0.2, 0.25) is 0 Å². The van der Waals surface area contributed by atoms with E-state index in [-0.39, 0.29) is 12.0 Å². The number of nitrogens with one attached hydrogen (secondary N) is 1. The van der Waals surface area contributed by atoms with E-state index in [2.05, 4.69) is 10.1 Å². The topological polar surface area (TPSA) is 38.3 Å². The summed E-state index contributed by atoms with van der Waals surface area (Å²) >= 11 is 6.06. The Morgan fingerprint density at radius 1 is 1.50 bits per heavy atom. The highest BCUT2D eigenvalue weighted by Crippen LogP contribution is 2.21. The smallest absolute Gasteiger partial charge is 0.306 e. The molecule has 0 saturated carbocycles. The third kappa shape index (κ3) is 3.83. The van der Waals surface area contributed by atoms with Crippen LogP contribution < -0.4 is 5.32 Å². The predicted octanol–water partition coefficient (Wildman–Crippen LogP) is 2.55. The average Bonchev–Trinajstić information content (AvgIpc) is 2.29. The van der Waals surface area contributed by atoms with Crippen LogP contribution in [0.25, 0.3) is 0 Å². The van der Waals surface area contributed by atoms with Gasteiger partial charge in [0.1, 0.15) is 0 Å². The maximum absolute atomic E-state index is 10.9. The highest BCUT2D eigenvalue weighted by Gasteiger charge is 2.08. The summed E-state index contributed by atoms with van der Waals surface area (Å²) in [5, 5.41) is 3.96. The van der Waals surface area contributed by atoms with E-state index in [1.807, 2.05) is 31.2 Å². The molecule has 3 nitrogen and oxygen atoms in total. The van der Waals surface area contributed by atoms with Crippen LogP contribution in [0.4, 0.5) is 0 Å². The molecule has 1 aromatic carbocycles. The SMILES string of the molecule is COC(=O)CCNC(C)c1ccccc1Cl. The lowest BCUT2D eigenvalue weighted by Gasteiger charge is -2.15. The molecule has 0 aromatic heterocycles. The number of ether oxygens (including phenoxy) is 1. The summed E-state index contributed by atoms with van der Waals surface area (Å²) in [6, 6.07) is 7.79. The van der Waals surface area contributed by atoms with E-state index in [0.717, 1.165) is 10.6 Å². The molecular formula is C12H16ClNO2. The molecule has 0 fully saturated rings. The van der Waals surface area contributed by atoms with Crippen molar-refractivity contribution >= 4 is 17.6 Å². The Balaban J connectivity index is 2.44. The van der Waals surface area contributed by atoms with E-state index in [4.69, 9.17) is 11.6 Å². The first-order valence-corrected chi connectivity index (χ1v) is 5.57. The molecule has 1 rings (SSSR count). The maximum atomic E-state index is 10.9. The van der Waals surface area contributed by atoms with Crippen LogP contribution in [0.15, 0.2) is 24.3 Å². The van der Waals surface area contributed by atoms with Gasteiger partial charge in [0, 0.05) is 17.6 Å². The summed E-state index contributed by atoms with van der Waals surface area (Å²) in [6.07, 6.45) is 0.366. The number of rotatable bonds is 5. The fourth-order valence-electron chi connectivity index (χ4n) is 1.43. The van der Waals surface area contributed by atoms with Gasteiger partial charge in [-0.1, -0.05) is 29.8 Å². The van der Waals surface area contributed by atoms with Gasteiger partial charge in [-0.05, 0) is 18.6 Å². The second-order valence-corrected chi connectivity index (χ2v) is 3.93. The van der Waals surface area contributed by atoms with Gasteiger partial charge >= 0.3 is 5.97 Å². The molecular weight excluding hydrogens is 226 g/mol. The van der Waals surface area contributed by atoms with Gasteiger partial charge in [0.25, 0.3) is 0 Å². The summed E-state index contributed by atoms with van der Waals surface area (Å²) < 4.78 is 4.56. The quantitative estimate of drug-likeness (QED) is 0.806. The number of methoxy groups -OCH3 is 1. The van der Waals surface area contributed by atoms with Crippen molar-refractivity contribution < 1.29 is 9.53 Å². The van der Waals surface area contributed by atoms with Crippen LogP contribution in [-0.2, 0) is 9.53 Å². The number of carbonyl (C=O) groups excluding carboxylic acids is 1. The first kappa shape index (κ1) is 13.0. The molecule has 16 heavy (non-hydrogen) atoms. The normalized spacial score (nSPS) is 12.2. The Kier molecular flexibility index (Phi) is 5.29. The minimum absolute atomic E-state index is 0.123. The van der Waals surface area contributed by atoms with Crippen molar-refractivity contribution in [2.75, 3.05) is 13.7 Å². The second-order valence-electron chi connectivity index (χ2n) is 3.52. The van der Waals surface area contributed by atoms with Crippen molar-refractivity contribution in [2.24, 2.45) is 0 Å². The number of halogens is 1. The molecule has 0 bridgehead atoms. The lowest BCUT2D eigenvalue weighted by atomic mass is 10.1. The minimum Gasteiger partial charge on any atom is -0.469 e. The fourth-order valence-corrected chi connectivity index (χ4v) is 1.73. The van der Waals surface area contributed by atoms with Gasteiger partial charge in [-0.15, -0.1) is 0 Å². The van der Waals surface area contributed by atoms with Crippen molar-refractivity contribution in [2.45, 2.75) is 19.4 Å². The van der Waals surface area contributed by atoms with Crippen molar-refractivity contribution in [1.82, 2.24) is 5.32 Å². The highest BCUT2D eigenvalue weighted by atomic mass is 35.5. The molecule has 0 heterocycles. The Labute approximate surface area is 101 Å². The van der Waals surface area contributed by atoms with Gasteiger partial charge in [0.05, 0.1) is 13.5 Å². The van der Waals surface area contributed by atoms with Crippen molar-refractivity contribution in [3.8, 4) is 0 Å². The number of hydrogen-bond acceptors (Lipinski definition) is 3. The van der Waals surface area contributed by atoms with Crippen LogP contribution in [0, 0.1) is 0 Å². The predicted molar refractivity (Wildman–Crippen MR) is 64.5 cm³/mol. The number of hydrogen-bond donors (Lipinski definition) is 1. The van der Waals surface area contributed by atoms with E-state index in [0.29, 0.717) is 13.0 Å². The number of carbonyl (C=O) groups is 1. The first-order chi connectivity index (χ1) is 7.65. The van der Waals surface area contributed by atoms with Crippen molar-refractivity contribution in [3.63, 3.8) is 0 Å². The zero-order valence-electron chi connectivity index (χ0n) is 9.50. The van der Waals surface area contributed by atoms with Crippen LogP contribution in [-0.4, -0.2) is 19.6 Å². The van der Waals surface area contributed by atoms with Gasteiger partial charge in [-0.2, -0.15) is 0 Å². The van der Waals surface area contributed by atoms with Gasteiger partial charge in [-0.3, -0.25) is 4.79 Å². The van der Waals surface area contributed by atoms with Crippen LogP contribution in [0.3, 0.4) is 0 Å². The molecule has 0 saturated heterocycles. The Hall–Kier alpha value is -1.06. The zero-order valence-corrected chi connectivity index (χ0v) is 10.3. The van der Waals surface area contributed by atoms with E-state index < -0.39 is 0 Å². The Morgan fingerprint density at radius 2 is 2.19 bits per heavy atom. The largest absolute Gasteiger partial charge is 0.469 e. The van der Waals surface area contributed by atoms with Crippen LogP contribution in [0.2, 0.25) is 5.02 Å². The maximum Gasteiger partial charge on any atom is 0.306 e. The minimum atomic E-state index is -0.209. The lowest BCUT2D eigenvalue weighted by molar-refractivity contribution is -0.140. The Bertz CT molecular complexity index is 355. The molecule has 0 aliphatic carbocycles. The molecule has 0 spiro atoms. The average molecular weight is 242 g/mol. The zero-order chi connectivity index (χ0) is 12.0. The van der Waals surface area contributed by atoms with Crippen LogP contribution in [0.1, 0.15) is 24.9 Å². The standard InChI is InChI=1S/C12H16ClNO2/c1-9(14-8-7-12(15)16-2)10-5-3-4-6-11(10)13/h3-6,9,14H,7-8H2,1-2H3. The van der Waals surface area contributed by atoms with E-state index >= 15 is 0 Å². The number of esters is 1. The molecule has 1 unspecified atom stereocenters. The first-order valence-electron chi connectivity index (χ1n) is 5.19. The monoisotopic (exact) mass is 241 g/mol. The van der Waals surface area contributed by atoms with Gasteiger partial charge in [0.15, 0.2) is 0 Å². The highest BCUT2D eigenvalue weighted by molar-refractivity contribution is 6.31. The molecule has 0 aliphatic rings. The van der Waals surface area contributed by atoms with E-state index in [9.17, 15) is 4.79 Å². The number of benzene rings is 1. The molecule has 0 aliphatic heterocycles. The molecule has 1 atom stereocenters. The summed E-state index contributed by atoms with van der Waals surface area (Å²) in [5.74, 6) is -0.209. The van der Waals surface area contributed by atoms with Crippen LogP contribution >= 0.6 is 11.6 Å². The fraction of sp³-hybridized carbons (Fsp3) is 0.417. The molecule has 0 amide bonds. The van der Waals surface area contributed by atoms with Crippen LogP contribution in [0.5, 0.6) is 0 Å². The summed E-state index contributed by atoms with van der Waals surface area (Å²) in [5.41, 5.74) is 1.04. The molecule has 4 heteroatoms. The third-order valence-corrected chi connectivity index (χ3v) is 2.72.